The molecule has 0 aromatic carbocycles. The number of hydrogen-bond acceptors (Lipinski definition) is 5. The van der Waals surface area contributed by atoms with Crippen molar-refractivity contribution in [2.24, 2.45) is 17.8 Å². The predicted octanol–water partition coefficient (Wildman–Crippen LogP) is 1.11. The summed E-state index contributed by atoms with van der Waals surface area (Å²) in [7, 11) is 0. The van der Waals surface area contributed by atoms with E-state index >= 15 is 0 Å². The number of rotatable bonds is 3. The fraction of sp³-hybridized carbons (Fsp3) is 0.667. The van der Waals surface area contributed by atoms with E-state index in [0.717, 1.165) is 6.42 Å². The molecule has 1 fully saturated rings. The number of ether oxygens (including phenoxy) is 2. The maximum Gasteiger partial charge on any atom is 0.307 e. The average Bonchev–Trinajstić information content (AvgIpc) is 2.78. The summed E-state index contributed by atoms with van der Waals surface area (Å²) in [6.07, 6.45) is 2.67. The van der Waals surface area contributed by atoms with Crippen molar-refractivity contribution in [3.05, 3.63) is 11.8 Å². The molecular weight excluding hydrogens is 274 g/mol. The van der Waals surface area contributed by atoms with Gasteiger partial charge in [0.2, 0.25) is 5.91 Å². The Bertz CT molecular complexity index is 484. The number of fused-ring (bicyclic) bond motifs is 1. The minimum atomic E-state index is -0.381. The van der Waals surface area contributed by atoms with Gasteiger partial charge >= 0.3 is 11.9 Å². The van der Waals surface area contributed by atoms with Crippen molar-refractivity contribution in [2.45, 2.75) is 27.2 Å². The second-order valence-corrected chi connectivity index (χ2v) is 5.75. The van der Waals surface area contributed by atoms with Crippen LogP contribution < -0.4 is 0 Å². The third-order valence-electron chi connectivity index (χ3n) is 4.05. The van der Waals surface area contributed by atoms with Crippen LogP contribution in [0.4, 0.5) is 0 Å². The Labute approximate surface area is 124 Å². The zero-order chi connectivity index (χ0) is 15.6. The fourth-order valence-electron chi connectivity index (χ4n) is 3.07. The van der Waals surface area contributed by atoms with Crippen molar-refractivity contribution in [2.75, 3.05) is 19.7 Å². The van der Waals surface area contributed by atoms with E-state index in [1.165, 1.54) is 13.8 Å². The molecule has 0 bridgehead atoms. The van der Waals surface area contributed by atoms with Gasteiger partial charge in [-0.1, -0.05) is 0 Å². The molecule has 0 radical (unpaired) electrons. The number of likely N-dealkylation sites (tertiary alicyclic amines) is 1. The zero-order valence-corrected chi connectivity index (χ0v) is 12.6. The molecule has 6 nitrogen and oxygen atoms in total. The maximum absolute atomic E-state index is 11.5. The Morgan fingerprint density at radius 3 is 2.48 bits per heavy atom. The van der Waals surface area contributed by atoms with E-state index in [1.807, 2.05) is 11.0 Å². The van der Waals surface area contributed by atoms with Crippen LogP contribution in [0.2, 0.25) is 0 Å². The van der Waals surface area contributed by atoms with Crippen molar-refractivity contribution in [1.29, 1.82) is 0 Å². The third-order valence-corrected chi connectivity index (χ3v) is 4.05. The smallest absolute Gasteiger partial charge is 0.307 e. The molecular formula is C15H21NO5. The van der Waals surface area contributed by atoms with Gasteiger partial charge in [0.05, 0.1) is 5.92 Å². The first kappa shape index (κ1) is 15.5. The molecule has 1 heterocycles. The summed E-state index contributed by atoms with van der Waals surface area (Å²) >= 11 is 0. The Hall–Kier alpha value is -1.85. The third kappa shape index (κ3) is 3.83. The molecule has 3 atom stereocenters. The molecule has 116 valence electrons. The molecule has 1 saturated heterocycles. The van der Waals surface area contributed by atoms with Crippen LogP contribution in [-0.4, -0.2) is 42.4 Å². The molecule has 1 amide bonds. The van der Waals surface area contributed by atoms with Crippen molar-refractivity contribution >= 4 is 17.8 Å². The number of hydrogen-bond donors (Lipinski definition) is 0. The summed E-state index contributed by atoms with van der Waals surface area (Å²) in [4.78, 5) is 35.5. The van der Waals surface area contributed by atoms with Crippen molar-refractivity contribution in [3.8, 4) is 0 Å². The highest BCUT2D eigenvalue weighted by atomic mass is 16.5. The summed E-state index contributed by atoms with van der Waals surface area (Å²) < 4.78 is 10.3. The van der Waals surface area contributed by atoms with Gasteiger partial charge in [-0.15, -0.1) is 0 Å². The minimum absolute atomic E-state index is 0.0587. The predicted molar refractivity (Wildman–Crippen MR) is 73.8 cm³/mol. The number of esters is 2. The fourth-order valence-corrected chi connectivity index (χ4v) is 3.07. The van der Waals surface area contributed by atoms with E-state index in [9.17, 15) is 14.4 Å². The summed E-state index contributed by atoms with van der Waals surface area (Å²) in [5.41, 5.74) is 0. The summed E-state index contributed by atoms with van der Waals surface area (Å²) in [6, 6.07) is 0. The summed E-state index contributed by atoms with van der Waals surface area (Å²) in [5, 5.41) is 0. The van der Waals surface area contributed by atoms with Gasteiger partial charge in [0, 0.05) is 39.8 Å². The Kier molecular flexibility index (Phi) is 4.65. The lowest BCUT2D eigenvalue weighted by Crippen LogP contribution is -2.28. The first-order valence-corrected chi connectivity index (χ1v) is 7.15. The maximum atomic E-state index is 11.5. The molecule has 0 N–H and O–H groups in total. The van der Waals surface area contributed by atoms with Crippen LogP contribution in [0.15, 0.2) is 11.8 Å². The standard InChI is InChI=1S/C15H21NO5/c1-9(17)16-6-12-4-14(8-20-10(2)18)15(21-11(3)19)5-13(12)7-16/h5,12-14H,4,6-8H2,1-3H3/t12-,13-,14-/m0/s1. The molecule has 2 aliphatic rings. The van der Waals surface area contributed by atoms with E-state index in [2.05, 4.69) is 0 Å². The van der Waals surface area contributed by atoms with Crippen LogP contribution in [0.1, 0.15) is 27.2 Å². The van der Waals surface area contributed by atoms with Gasteiger partial charge in [-0.2, -0.15) is 0 Å². The second-order valence-electron chi connectivity index (χ2n) is 5.75. The number of nitrogens with zero attached hydrogens (tertiary/aromatic N) is 1. The largest absolute Gasteiger partial charge is 0.465 e. The zero-order valence-electron chi connectivity index (χ0n) is 12.6. The molecule has 1 aliphatic heterocycles. The molecule has 6 heteroatoms. The van der Waals surface area contributed by atoms with Crippen LogP contribution in [0.25, 0.3) is 0 Å². The minimum Gasteiger partial charge on any atom is -0.465 e. The van der Waals surface area contributed by atoms with Crippen LogP contribution in [0, 0.1) is 17.8 Å². The Morgan fingerprint density at radius 1 is 1.19 bits per heavy atom. The van der Waals surface area contributed by atoms with Gasteiger partial charge in [0.25, 0.3) is 0 Å². The molecule has 2 rings (SSSR count). The van der Waals surface area contributed by atoms with E-state index in [-0.39, 0.29) is 36.3 Å². The highest BCUT2D eigenvalue weighted by Gasteiger charge is 2.40. The first-order valence-electron chi connectivity index (χ1n) is 7.15. The van der Waals surface area contributed by atoms with Gasteiger partial charge in [-0.05, 0) is 18.4 Å². The van der Waals surface area contributed by atoms with Crippen LogP contribution >= 0.6 is 0 Å². The van der Waals surface area contributed by atoms with Crippen LogP contribution in [0.3, 0.4) is 0 Å². The van der Waals surface area contributed by atoms with Gasteiger partial charge in [0.15, 0.2) is 0 Å². The van der Waals surface area contributed by atoms with Crippen LogP contribution in [-0.2, 0) is 23.9 Å². The highest BCUT2D eigenvalue weighted by molar-refractivity contribution is 5.73. The molecule has 0 unspecified atom stereocenters. The topological polar surface area (TPSA) is 72.9 Å². The van der Waals surface area contributed by atoms with E-state index in [1.54, 1.807) is 6.92 Å². The molecule has 0 aromatic rings. The SMILES string of the molecule is CC(=O)OC[C@@H]1C[C@H]2CN(C(C)=O)C[C@@H]2C=C1OC(C)=O. The number of amides is 1. The van der Waals surface area contributed by atoms with E-state index in [0.29, 0.717) is 24.8 Å². The van der Waals surface area contributed by atoms with Gasteiger partial charge in [-0.3, -0.25) is 14.4 Å². The van der Waals surface area contributed by atoms with Gasteiger partial charge < -0.3 is 14.4 Å². The Morgan fingerprint density at radius 2 is 1.90 bits per heavy atom. The molecule has 0 spiro atoms. The Balaban J connectivity index is 2.11. The lowest BCUT2D eigenvalue weighted by Gasteiger charge is -2.29. The van der Waals surface area contributed by atoms with E-state index < -0.39 is 0 Å². The molecule has 1 aliphatic carbocycles. The number of carbonyl (C=O) groups excluding carboxylic acids is 3. The van der Waals surface area contributed by atoms with Crippen molar-refractivity contribution in [1.82, 2.24) is 4.90 Å². The molecule has 21 heavy (non-hydrogen) atoms. The molecule has 0 saturated carbocycles. The normalized spacial score (nSPS) is 27.7. The lowest BCUT2D eigenvalue weighted by molar-refractivity contribution is -0.143. The molecule has 0 aromatic heterocycles. The van der Waals surface area contributed by atoms with Crippen molar-refractivity contribution < 1.29 is 23.9 Å². The highest BCUT2D eigenvalue weighted by Crippen LogP contribution is 2.38. The van der Waals surface area contributed by atoms with Gasteiger partial charge in [-0.25, -0.2) is 0 Å². The van der Waals surface area contributed by atoms with Crippen molar-refractivity contribution in [3.63, 3.8) is 0 Å². The van der Waals surface area contributed by atoms with Gasteiger partial charge in [0.1, 0.15) is 12.4 Å². The monoisotopic (exact) mass is 295 g/mol. The summed E-state index contributed by atoms with van der Waals surface area (Å²) in [5.74, 6) is 0.306. The second kappa shape index (κ2) is 6.28. The van der Waals surface area contributed by atoms with E-state index in [4.69, 9.17) is 9.47 Å². The van der Waals surface area contributed by atoms with Crippen LogP contribution in [0.5, 0.6) is 0 Å². The summed E-state index contributed by atoms with van der Waals surface area (Å²) in [6.45, 7) is 5.84. The first-order chi connectivity index (χ1) is 9.86. The lowest BCUT2D eigenvalue weighted by atomic mass is 9.80. The number of carbonyl (C=O) groups is 3. The average molecular weight is 295 g/mol. The quantitative estimate of drug-likeness (QED) is 0.729.